The van der Waals surface area contributed by atoms with Crippen molar-refractivity contribution in [3.05, 3.63) is 33.8 Å². The third kappa shape index (κ3) is 6.08. The molecule has 0 radical (unpaired) electrons. The van der Waals surface area contributed by atoms with Gasteiger partial charge in [-0.15, -0.1) is 0 Å². The summed E-state index contributed by atoms with van der Waals surface area (Å²) in [6.45, 7) is 9.37. The minimum absolute atomic E-state index is 0.0120. The van der Waals surface area contributed by atoms with E-state index in [4.69, 9.17) is 0 Å². The number of halogens is 1. The summed E-state index contributed by atoms with van der Waals surface area (Å²) in [5.41, 5.74) is 1.97. The Morgan fingerprint density at radius 2 is 1.95 bits per heavy atom. The van der Waals surface area contributed by atoms with Crippen molar-refractivity contribution in [1.29, 1.82) is 0 Å². The van der Waals surface area contributed by atoms with Crippen LogP contribution in [0.5, 0.6) is 0 Å². The second kappa shape index (κ2) is 7.82. The van der Waals surface area contributed by atoms with Gasteiger partial charge in [-0.05, 0) is 42.5 Å². The molecular weight excluding hydrogens is 314 g/mol. The van der Waals surface area contributed by atoms with Crippen molar-refractivity contribution in [3.63, 3.8) is 0 Å². The molecule has 0 bridgehead atoms. The molecule has 0 saturated heterocycles. The Morgan fingerprint density at radius 3 is 2.55 bits per heavy atom. The molecule has 1 rings (SSSR count). The maximum Gasteiger partial charge on any atom is 0.251 e. The van der Waals surface area contributed by atoms with E-state index in [9.17, 15) is 4.79 Å². The zero-order chi connectivity index (χ0) is 15.2. The summed E-state index contributed by atoms with van der Waals surface area (Å²) in [6, 6.07) is 5.79. The van der Waals surface area contributed by atoms with Crippen molar-refractivity contribution in [3.8, 4) is 0 Å². The van der Waals surface area contributed by atoms with Crippen molar-refractivity contribution >= 4 is 21.8 Å². The lowest BCUT2D eigenvalue weighted by Gasteiger charge is -2.25. The summed E-state index contributed by atoms with van der Waals surface area (Å²) in [5, 5.41) is 3.06. The van der Waals surface area contributed by atoms with Crippen LogP contribution in [0.25, 0.3) is 0 Å². The van der Waals surface area contributed by atoms with Crippen LogP contribution in [0.1, 0.15) is 62.4 Å². The van der Waals surface area contributed by atoms with Crippen LogP contribution in [0.3, 0.4) is 0 Å². The summed E-state index contributed by atoms with van der Waals surface area (Å²) in [7, 11) is 0. The number of nitrogens with one attached hydrogen (secondary N) is 1. The van der Waals surface area contributed by atoms with Gasteiger partial charge >= 0.3 is 0 Å². The third-order valence-corrected chi connectivity index (χ3v) is 3.95. The van der Waals surface area contributed by atoms with Crippen LogP contribution in [0, 0.1) is 12.3 Å². The molecule has 0 fully saturated rings. The van der Waals surface area contributed by atoms with Crippen LogP contribution in [-0.2, 0) is 0 Å². The molecule has 3 heteroatoms. The van der Waals surface area contributed by atoms with Gasteiger partial charge in [0.15, 0.2) is 0 Å². The Hall–Kier alpha value is -0.830. The van der Waals surface area contributed by atoms with Crippen LogP contribution >= 0.6 is 15.9 Å². The highest BCUT2D eigenvalue weighted by Gasteiger charge is 2.18. The largest absolute Gasteiger partial charge is 0.352 e. The lowest BCUT2D eigenvalue weighted by Crippen LogP contribution is -2.34. The van der Waals surface area contributed by atoms with E-state index in [0.717, 1.165) is 28.6 Å². The van der Waals surface area contributed by atoms with Gasteiger partial charge < -0.3 is 5.32 Å². The molecule has 0 atom stereocenters. The van der Waals surface area contributed by atoms with Gasteiger partial charge in [0.2, 0.25) is 0 Å². The number of rotatable bonds is 7. The molecule has 0 aliphatic carbocycles. The first kappa shape index (κ1) is 17.2. The standard InChI is InChI=1S/C17H26BrNO/c1-5-6-7-8-17(3,4)12-19-16(20)14-9-13(2)10-15(18)11-14/h9-11H,5-8,12H2,1-4H3,(H,19,20). The molecule has 20 heavy (non-hydrogen) atoms. The van der Waals surface area contributed by atoms with Crippen molar-refractivity contribution in [2.75, 3.05) is 6.54 Å². The van der Waals surface area contributed by atoms with Gasteiger partial charge in [0.05, 0.1) is 0 Å². The topological polar surface area (TPSA) is 29.1 Å². The van der Waals surface area contributed by atoms with E-state index in [-0.39, 0.29) is 11.3 Å². The van der Waals surface area contributed by atoms with E-state index in [1.165, 1.54) is 19.3 Å². The predicted molar refractivity (Wildman–Crippen MR) is 89.1 cm³/mol. The average Bonchev–Trinajstić information content (AvgIpc) is 2.35. The van der Waals surface area contributed by atoms with E-state index >= 15 is 0 Å². The quantitative estimate of drug-likeness (QED) is 0.688. The van der Waals surface area contributed by atoms with Gasteiger partial charge in [0.25, 0.3) is 5.91 Å². The van der Waals surface area contributed by atoms with Gasteiger partial charge in [-0.25, -0.2) is 0 Å². The molecule has 0 spiro atoms. The summed E-state index contributed by atoms with van der Waals surface area (Å²) in [5.74, 6) is 0.0120. The number of unbranched alkanes of at least 4 members (excludes halogenated alkanes) is 2. The number of carbonyl (C=O) groups excluding carboxylic acids is 1. The molecule has 0 saturated carbocycles. The molecule has 1 N–H and O–H groups in total. The molecule has 0 aromatic heterocycles. The predicted octanol–water partition coefficient (Wildman–Crippen LogP) is 5.09. The number of aryl methyl sites for hydroxylation is 1. The van der Waals surface area contributed by atoms with Crippen LogP contribution in [0.4, 0.5) is 0 Å². The first-order chi connectivity index (χ1) is 9.34. The Kier molecular flexibility index (Phi) is 6.74. The Balaban J connectivity index is 2.53. The molecule has 0 aliphatic rings. The van der Waals surface area contributed by atoms with Crippen molar-refractivity contribution in [2.24, 2.45) is 5.41 Å². The van der Waals surface area contributed by atoms with E-state index in [0.29, 0.717) is 0 Å². The molecule has 2 nitrogen and oxygen atoms in total. The van der Waals surface area contributed by atoms with Crippen LogP contribution in [0.15, 0.2) is 22.7 Å². The second-order valence-electron chi connectivity index (χ2n) is 6.32. The second-order valence-corrected chi connectivity index (χ2v) is 7.24. The van der Waals surface area contributed by atoms with Crippen LogP contribution in [0.2, 0.25) is 0 Å². The summed E-state index contributed by atoms with van der Waals surface area (Å²) < 4.78 is 0.949. The molecular formula is C17H26BrNO. The van der Waals surface area contributed by atoms with Gasteiger partial charge in [0, 0.05) is 16.6 Å². The number of amides is 1. The third-order valence-electron chi connectivity index (χ3n) is 3.49. The molecule has 0 aliphatic heterocycles. The molecule has 1 aromatic rings. The Morgan fingerprint density at radius 1 is 1.25 bits per heavy atom. The first-order valence-electron chi connectivity index (χ1n) is 7.39. The van der Waals surface area contributed by atoms with Crippen LogP contribution in [-0.4, -0.2) is 12.5 Å². The van der Waals surface area contributed by atoms with Gasteiger partial charge in [-0.1, -0.05) is 56.0 Å². The Bertz CT molecular complexity index is 434. The minimum Gasteiger partial charge on any atom is -0.352 e. The molecule has 112 valence electrons. The minimum atomic E-state index is 0.0120. The highest BCUT2D eigenvalue weighted by atomic mass is 79.9. The van der Waals surface area contributed by atoms with Gasteiger partial charge in [0.1, 0.15) is 0 Å². The summed E-state index contributed by atoms with van der Waals surface area (Å²) in [4.78, 5) is 12.2. The number of carbonyl (C=O) groups is 1. The Labute approximate surface area is 131 Å². The van der Waals surface area contributed by atoms with E-state index in [1.807, 2.05) is 25.1 Å². The summed E-state index contributed by atoms with van der Waals surface area (Å²) >= 11 is 3.43. The summed E-state index contributed by atoms with van der Waals surface area (Å²) in [6.07, 6.45) is 4.88. The zero-order valence-corrected chi connectivity index (χ0v) is 14.6. The molecule has 0 unspecified atom stereocenters. The maximum atomic E-state index is 12.2. The lowest BCUT2D eigenvalue weighted by atomic mass is 9.87. The fourth-order valence-electron chi connectivity index (χ4n) is 2.23. The molecule has 1 aromatic carbocycles. The molecule has 0 heterocycles. The van der Waals surface area contributed by atoms with Crippen molar-refractivity contribution < 1.29 is 4.79 Å². The SMILES string of the molecule is CCCCCC(C)(C)CNC(=O)c1cc(C)cc(Br)c1. The number of benzene rings is 1. The highest BCUT2D eigenvalue weighted by Crippen LogP contribution is 2.23. The van der Waals surface area contributed by atoms with Gasteiger partial charge in [-0.3, -0.25) is 4.79 Å². The van der Waals surface area contributed by atoms with Gasteiger partial charge in [-0.2, -0.15) is 0 Å². The maximum absolute atomic E-state index is 12.2. The number of hydrogen-bond acceptors (Lipinski definition) is 1. The number of hydrogen-bond donors (Lipinski definition) is 1. The van der Waals surface area contributed by atoms with E-state index < -0.39 is 0 Å². The average molecular weight is 340 g/mol. The van der Waals surface area contributed by atoms with Crippen molar-refractivity contribution in [1.82, 2.24) is 5.32 Å². The normalized spacial score (nSPS) is 11.4. The highest BCUT2D eigenvalue weighted by molar-refractivity contribution is 9.10. The fourth-order valence-corrected chi connectivity index (χ4v) is 2.84. The smallest absolute Gasteiger partial charge is 0.251 e. The fraction of sp³-hybridized carbons (Fsp3) is 0.588. The lowest BCUT2D eigenvalue weighted by molar-refractivity contribution is 0.0934. The molecule has 1 amide bonds. The van der Waals surface area contributed by atoms with E-state index in [2.05, 4.69) is 42.0 Å². The van der Waals surface area contributed by atoms with Crippen molar-refractivity contribution in [2.45, 2.75) is 53.4 Å². The zero-order valence-electron chi connectivity index (χ0n) is 13.1. The monoisotopic (exact) mass is 339 g/mol. The van der Waals surface area contributed by atoms with E-state index in [1.54, 1.807) is 0 Å². The van der Waals surface area contributed by atoms with Crippen LogP contribution < -0.4 is 5.32 Å². The first-order valence-corrected chi connectivity index (χ1v) is 8.19.